The van der Waals surface area contributed by atoms with E-state index in [0.717, 1.165) is 180 Å². The Balaban J connectivity index is 0.000000174. The Morgan fingerprint density at radius 3 is 0.541 bits per heavy atom. The first-order valence-corrected chi connectivity index (χ1v) is 59.7. The molecule has 5 aliphatic carbocycles. The third kappa shape index (κ3) is 42.9. The summed E-state index contributed by atoms with van der Waals surface area (Å²) in [6.07, 6.45) is 93.8. The van der Waals surface area contributed by atoms with Crippen LogP contribution in [0.2, 0.25) is 0 Å². The van der Waals surface area contributed by atoms with Crippen LogP contribution in [0.5, 0.6) is 28.7 Å². The lowest BCUT2D eigenvalue weighted by Crippen LogP contribution is -2.14. The van der Waals surface area contributed by atoms with Crippen molar-refractivity contribution >= 4 is 0 Å². The summed E-state index contributed by atoms with van der Waals surface area (Å²) in [5.74, 6) is 16.6. The molecule has 0 amide bonds. The molecule has 5 heterocycles. The van der Waals surface area contributed by atoms with Gasteiger partial charge in [0.2, 0.25) is 0 Å². The molecule has 0 N–H and O–H groups in total. The van der Waals surface area contributed by atoms with Crippen LogP contribution in [-0.4, -0.2) is 82.9 Å². The van der Waals surface area contributed by atoms with Crippen LogP contribution in [-0.2, 0) is 0 Å². The topological polar surface area (TPSA) is 175 Å². The maximum absolute atomic E-state index is 5.85. The summed E-state index contributed by atoms with van der Waals surface area (Å²) < 4.78 is 29.2. The van der Waals surface area contributed by atoms with Crippen LogP contribution in [0.3, 0.4) is 0 Å². The van der Waals surface area contributed by atoms with E-state index in [4.69, 9.17) is 33.7 Å². The van der Waals surface area contributed by atoms with Crippen LogP contribution in [0, 0.1) is 29.6 Å². The highest BCUT2D eigenvalue weighted by Crippen LogP contribution is 2.44. The van der Waals surface area contributed by atoms with Crippen molar-refractivity contribution in [1.29, 1.82) is 0 Å². The van der Waals surface area contributed by atoms with E-state index in [0.29, 0.717) is 29.6 Å². The van der Waals surface area contributed by atoms with Crippen LogP contribution < -0.4 is 23.7 Å². The number of unbranched alkanes of at least 4 members (excludes halogenated alkanes) is 22. The van der Waals surface area contributed by atoms with Crippen LogP contribution >= 0.6 is 0 Å². The van der Waals surface area contributed by atoms with Gasteiger partial charge in [-0.1, -0.05) is 268 Å². The second-order valence-corrected chi connectivity index (χ2v) is 43.5. The van der Waals surface area contributed by atoms with Gasteiger partial charge in [-0.05, 0) is 369 Å². The smallest absolute Gasteiger partial charge is 0.159 e. The molecule has 0 atom stereocenters. The zero-order valence-electron chi connectivity index (χ0n) is 92.7. The van der Waals surface area contributed by atoms with E-state index in [1.165, 1.54) is 355 Å². The first kappa shape index (κ1) is 117. The van der Waals surface area contributed by atoms with E-state index < -0.39 is 0 Å². The highest BCUT2D eigenvalue weighted by molar-refractivity contribution is 5.60. The Morgan fingerprint density at radius 2 is 0.342 bits per heavy atom. The zero-order valence-corrected chi connectivity index (χ0v) is 92.7. The predicted molar refractivity (Wildman–Crippen MR) is 611 cm³/mol. The minimum atomic E-state index is 0.642. The van der Waals surface area contributed by atoms with Crippen molar-refractivity contribution in [2.24, 2.45) is 29.6 Å². The first-order chi connectivity index (χ1) is 72.0. The Kier molecular flexibility index (Phi) is 56.4. The van der Waals surface area contributed by atoms with Gasteiger partial charge >= 0.3 is 0 Å². The fourth-order valence-corrected chi connectivity index (χ4v) is 22.2. The third-order valence-corrected chi connectivity index (χ3v) is 32.0. The van der Waals surface area contributed by atoms with Crippen molar-refractivity contribution < 1.29 is 23.7 Å². The molecule has 5 saturated carbocycles. The predicted octanol–water partition coefficient (Wildman–Crippen LogP) is 38.2. The monoisotopic (exact) mass is 1990 g/mol. The summed E-state index contributed by atoms with van der Waals surface area (Å²) in [6.45, 7) is 26.6. The van der Waals surface area contributed by atoms with E-state index in [9.17, 15) is 0 Å². The second kappa shape index (κ2) is 70.5. The average Bonchev–Trinajstić information content (AvgIpc) is 0.847. The van der Waals surface area contributed by atoms with Gasteiger partial charge in [0.05, 0.1) is 33.0 Å². The molecule has 0 saturated heterocycles. The number of hydrogen-bond donors (Lipinski definition) is 0. The van der Waals surface area contributed by atoms with Crippen LogP contribution in [0.1, 0.15) is 486 Å². The number of rotatable bonds is 56. The molecule has 146 heavy (non-hydrogen) atoms. The summed E-state index contributed by atoms with van der Waals surface area (Å²) in [4.78, 5) is 46.7. The van der Waals surface area contributed by atoms with Crippen molar-refractivity contribution in [1.82, 2.24) is 49.8 Å². The number of aromatic nitrogens is 10. The fourth-order valence-electron chi connectivity index (χ4n) is 22.2. The van der Waals surface area contributed by atoms with E-state index in [1.807, 2.05) is 85.5 Å². The van der Waals surface area contributed by atoms with Crippen LogP contribution in [0.25, 0.3) is 56.9 Å². The van der Waals surface area contributed by atoms with Crippen molar-refractivity contribution in [2.45, 2.75) is 458 Å². The number of ether oxygens (including phenoxy) is 5. The molecule has 15 rings (SSSR count). The lowest BCUT2D eigenvalue weighted by Gasteiger charge is -2.28. The second-order valence-electron chi connectivity index (χ2n) is 43.5. The standard InChI is InChI=1S/C29H44N2O.C27H40N2O.C26H38N2O.C25H36N2O.C24H34N2O/c1-3-5-7-9-10-12-24-13-15-25(16-14-24)27-22-30-29(31-23-27)26-17-19-28(20-18-26)32-21-11-8-6-4-2;1-3-5-7-9-19-30-26-17-15-24(16-18-26)27-28-20-25(21-29-27)23-13-11-22(12-14-23)10-8-6-4-2;1-3-5-7-8-18-29-25-16-14-23(15-17-25)26-27-19-24(20-28-26)22-12-10-21(11-13-22)9-6-4-2;1-3-5-6-7-17-28-24-15-13-22(14-16-24)25-26-18-23(19-27-25)21-11-9-20(8-4-2)10-12-21;1-3-5-6-7-16-27-23-14-12-21(13-15-23)24-25-17-22(18-26-24)20-10-8-19(4-2)9-11-20/h17-20,22-25H,3-16,21H2,1-2H3;15-18,20-23H,3-14,19H2,1-2H3;14-17,19-22H,3-13,18H2,1-2H3;13-16,18-21H,3-12,17H2,1-2H3;12-15,17-20H,3-11,16H2,1-2H3. The third-order valence-electron chi connectivity index (χ3n) is 32.0. The lowest BCUT2D eigenvalue weighted by atomic mass is 9.77. The van der Waals surface area contributed by atoms with Crippen LogP contribution in [0.15, 0.2) is 183 Å². The van der Waals surface area contributed by atoms with E-state index in [2.05, 4.69) is 207 Å². The summed E-state index contributed by atoms with van der Waals surface area (Å²) >= 11 is 0. The largest absolute Gasteiger partial charge is 0.494 e. The maximum atomic E-state index is 5.85. The van der Waals surface area contributed by atoms with E-state index >= 15 is 0 Å². The normalized spacial score (nSPS) is 19.2. The fraction of sp³-hybridized carbons (Fsp3) is 0.618. The molecule has 0 radical (unpaired) electrons. The van der Waals surface area contributed by atoms with Gasteiger partial charge in [-0.25, -0.2) is 49.8 Å². The highest BCUT2D eigenvalue weighted by atomic mass is 16.5. The Bertz CT molecular complexity index is 4910. The van der Waals surface area contributed by atoms with Gasteiger partial charge in [0.1, 0.15) is 28.7 Å². The molecular formula is C131H192N10O5. The van der Waals surface area contributed by atoms with Gasteiger partial charge in [0.15, 0.2) is 29.1 Å². The molecule has 5 fully saturated rings. The Hall–Kier alpha value is -9.50. The van der Waals surface area contributed by atoms with Crippen molar-refractivity contribution in [3.8, 4) is 85.7 Å². The van der Waals surface area contributed by atoms with Gasteiger partial charge in [-0.15, -0.1) is 0 Å². The molecule has 5 aromatic heterocycles. The van der Waals surface area contributed by atoms with Gasteiger partial charge in [0.25, 0.3) is 0 Å². The number of hydrogen-bond acceptors (Lipinski definition) is 15. The Morgan fingerprint density at radius 1 is 0.171 bits per heavy atom. The van der Waals surface area contributed by atoms with Crippen molar-refractivity contribution in [3.05, 3.63) is 211 Å². The quantitative estimate of drug-likeness (QED) is 0.0329. The van der Waals surface area contributed by atoms with Gasteiger partial charge in [-0.2, -0.15) is 0 Å². The number of benzene rings is 5. The van der Waals surface area contributed by atoms with E-state index in [1.54, 1.807) is 0 Å². The first-order valence-electron chi connectivity index (χ1n) is 59.7. The highest BCUT2D eigenvalue weighted by Gasteiger charge is 2.29. The van der Waals surface area contributed by atoms with Gasteiger partial charge in [0, 0.05) is 89.8 Å². The Labute approximate surface area is 885 Å². The molecule has 5 aliphatic rings. The van der Waals surface area contributed by atoms with Gasteiger partial charge < -0.3 is 23.7 Å². The lowest BCUT2D eigenvalue weighted by molar-refractivity contribution is 0.301. The summed E-state index contributed by atoms with van der Waals surface area (Å²) in [7, 11) is 0. The zero-order chi connectivity index (χ0) is 102. The molecule has 15 heteroatoms. The molecule has 5 aromatic carbocycles. The SMILES string of the molecule is CCCCCCCC1CCC(c2cnc(-c3ccc(OCCCCCC)cc3)nc2)CC1.CCCCCCOc1ccc(-c2ncc(C3CCC(CC)CC3)cn2)cc1.CCCCCCOc1ccc(-c2ncc(C3CCC(CCC)CC3)cn2)cc1.CCCCCCOc1ccc(-c2ncc(C3CCC(CCCC)CC3)cn2)cc1.CCCCCCOc1ccc(-c2ncc(C3CCC(CCCCC)CC3)cn2)cc1. The maximum Gasteiger partial charge on any atom is 0.159 e. The van der Waals surface area contributed by atoms with Gasteiger partial charge in [-0.3, -0.25) is 0 Å². The van der Waals surface area contributed by atoms with E-state index in [-0.39, 0.29) is 0 Å². The minimum absolute atomic E-state index is 0.642. The molecule has 796 valence electrons. The summed E-state index contributed by atoms with van der Waals surface area (Å²) in [6, 6.07) is 41.0. The molecule has 15 nitrogen and oxygen atoms in total. The summed E-state index contributed by atoms with van der Waals surface area (Å²) in [5, 5.41) is 0. The summed E-state index contributed by atoms with van der Waals surface area (Å²) in [5.41, 5.74) is 11.8. The molecule has 0 spiro atoms. The van der Waals surface area contributed by atoms with Crippen LogP contribution in [0.4, 0.5) is 0 Å². The molecule has 10 aromatic rings. The minimum Gasteiger partial charge on any atom is -0.494 e. The molecular weight excluding hydrogens is 1790 g/mol. The average molecular weight is 1990 g/mol. The molecule has 0 unspecified atom stereocenters. The van der Waals surface area contributed by atoms with Crippen molar-refractivity contribution in [3.63, 3.8) is 0 Å². The number of nitrogens with zero attached hydrogens (tertiary/aromatic N) is 10. The molecule has 0 aliphatic heterocycles. The van der Waals surface area contributed by atoms with Crippen molar-refractivity contribution in [2.75, 3.05) is 33.0 Å². The molecule has 0 bridgehead atoms.